The van der Waals surface area contributed by atoms with Crippen molar-refractivity contribution in [2.24, 2.45) is 5.92 Å². The summed E-state index contributed by atoms with van der Waals surface area (Å²) in [7, 11) is 0. The molecule has 2 nitrogen and oxygen atoms in total. The first kappa shape index (κ1) is 39.4. The van der Waals surface area contributed by atoms with Gasteiger partial charge in [0.05, 0.1) is 5.41 Å². The molecule has 1 aromatic heterocycles. The van der Waals surface area contributed by atoms with Gasteiger partial charge in [-0.1, -0.05) is 203 Å². The van der Waals surface area contributed by atoms with Crippen molar-refractivity contribution < 1.29 is 4.42 Å². The van der Waals surface area contributed by atoms with E-state index in [4.69, 9.17) is 4.42 Å². The first-order valence-electron chi connectivity index (χ1n) is 23.7. The smallest absolute Gasteiger partial charge is 0.143 e. The quantitative estimate of drug-likeness (QED) is 0.159. The SMILES string of the molecule is CC1CC(c2ccc3c(c2)C(C)(C)c2ccccc2-3)=CC=C1N(c1ccc(-c2ccccc2)cc1)c1ccc2c(c1)-c1c(ccc3c1oc1ccccc13)C2(c1ccccc1)c1ccccc1. The lowest BCUT2D eigenvalue weighted by molar-refractivity contribution is 0.659. The summed E-state index contributed by atoms with van der Waals surface area (Å²) in [5, 5.41) is 2.27. The second-order valence-corrected chi connectivity index (χ2v) is 19.2. The minimum Gasteiger partial charge on any atom is -0.455 e. The van der Waals surface area contributed by atoms with E-state index in [2.05, 4.69) is 250 Å². The predicted octanol–water partition coefficient (Wildman–Crippen LogP) is 17.1. The Morgan fingerprint density at radius 3 is 1.82 bits per heavy atom. The Labute approximate surface area is 392 Å². The van der Waals surface area contributed by atoms with Gasteiger partial charge < -0.3 is 9.32 Å². The lowest BCUT2D eigenvalue weighted by Crippen LogP contribution is -2.28. The molecular formula is C65H49NO. The lowest BCUT2D eigenvalue weighted by atomic mass is 9.67. The lowest BCUT2D eigenvalue weighted by Gasteiger charge is -2.35. The highest BCUT2D eigenvalue weighted by Gasteiger charge is 2.48. The third-order valence-electron chi connectivity index (χ3n) is 15.2. The fraction of sp³-hybridized carbons (Fsp3) is 0.108. The van der Waals surface area contributed by atoms with Gasteiger partial charge in [0.2, 0.25) is 0 Å². The summed E-state index contributed by atoms with van der Waals surface area (Å²) in [6.45, 7) is 7.14. The summed E-state index contributed by atoms with van der Waals surface area (Å²) in [6.07, 6.45) is 5.70. The number of hydrogen-bond donors (Lipinski definition) is 0. The second kappa shape index (κ2) is 15.1. The molecule has 320 valence electrons. The van der Waals surface area contributed by atoms with Crippen LogP contribution in [0.2, 0.25) is 0 Å². The monoisotopic (exact) mass is 859 g/mol. The van der Waals surface area contributed by atoms with Gasteiger partial charge >= 0.3 is 0 Å². The number of anilines is 2. The van der Waals surface area contributed by atoms with Crippen LogP contribution in [0.5, 0.6) is 0 Å². The predicted molar refractivity (Wildman–Crippen MR) is 279 cm³/mol. The highest BCUT2D eigenvalue weighted by atomic mass is 16.3. The van der Waals surface area contributed by atoms with Crippen molar-refractivity contribution in [3.05, 3.63) is 269 Å². The number of nitrogens with zero attached hydrogens (tertiary/aromatic N) is 1. The molecule has 10 aromatic rings. The molecule has 1 atom stereocenters. The van der Waals surface area contributed by atoms with E-state index < -0.39 is 5.41 Å². The molecule has 0 fully saturated rings. The maximum atomic E-state index is 6.97. The molecule has 9 aromatic carbocycles. The molecule has 0 saturated carbocycles. The maximum Gasteiger partial charge on any atom is 0.143 e. The highest BCUT2D eigenvalue weighted by molar-refractivity contribution is 6.12. The number of benzene rings is 9. The van der Waals surface area contributed by atoms with E-state index in [1.807, 2.05) is 0 Å². The van der Waals surface area contributed by atoms with Gasteiger partial charge in [-0.25, -0.2) is 0 Å². The zero-order valence-corrected chi connectivity index (χ0v) is 38.0. The Balaban J connectivity index is 1.01. The van der Waals surface area contributed by atoms with Crippen LogP contribution in [0, 0.1) is 5.92 Å². The van der Waals surface area contributed by atoms with Crippen LogP contribution in [-0.4, -0.2) is 0 Å². The van der Waals surface area contributed by atoms with E-state index in [-0.39, 0.29) is 11.3 Å². The number of para-hydroxylation sites is 1. The Hall–Kier alpha value is -7.94. The molecule has 1 heterocycles. The Morgan fingerprint density at radius 2 is 1.07 bits per heavy atom. The molecule has 3 aliphatic rings. The summed E-state index contributed by atoms with van der Waals surface area (Å²) in [5.74, 6) is 0.225. The molecule has 0 aliphatic heterocycles. The second-order valence-electron chi connectivity index (χ2n) is 19.2. The minimum atomic E-state index is -0.568. The number of furan rings is 1. The van der Waals surface area contributed by atoms with Crippen molar-refractivity contribution in [2.75, 3.05) is 4.90 Å². The minimum absolute atomic E-state index is 0.0504. The summed E-state index contributed by atoms with van der Waals surface area (Å²) in [4.78, 5) is 2.51. The molecule has 67 heavy (non-hydrogen) atoms. The summed E-state index contributed by atoms with van der Waals surface area (Å²) in [5.41, 5.74) is 22.7. The van der Waals surface area contributed by atoms with Gasteiger partial charge in [-0.05, 0) is 121 Å². The van der Waals surface area contributed by atoms with E-state index in [1.54, 1.807) is 0 Å². The van der Waals surface area contributed by atoms with Crippen LogP contribution in [0.1, 0.15) is 66.1 Å². The standard InChI is InChI=1S/C65H49NO/c1-42-39-45(46-29-34-52-51-23-13-15-25-56(51)64(2,3)59(52)40-46)30-38-60(42)66(49-31-27-44(28-32-49)43-17-7-4-8-18-43)50-33-36-57-55(41-50)62-58(37-35-54-53-24-14-16-26-61(53)67-63(54)62)65(57,47-19-9-5-10-20-47)48-21-11-6-12-22-48/h4-38,40-42H,39H2,1-3H3. The van der Waals surface area contributed by atoms with Crippen LogP contribution in [0.15, 0.2) is 235 Å². The third-order valence-corrected chi connectivity index (χ3v) is 15.2. The van der Waals surface area contributed by atoms with Crippen molar-refractivity contribution in [3.8, 4) is 33.4 Å². The average molecular weight is 860 g/mol. The van der Waals surface area contributed by atoms with Crippen LogP contribution in [0.25, 0.3) is 60.9 Å². The largest absolute Gasteiger partial charge is 0.455 e. The van der Waals surface area contributed by atoms with Crippen molar-refractivity contribution in [3.63, 3.8) is 0 Å². The van der Waals surface area contributed by atoms with Crippen LogP contribution in [0.4, 0.5) is 11.4 Å². The zero-order chi connectivity index (χ0) is 44.9. The Morgan fingerprint density at radius 1 is 0.463 bits per heavy atom. The van der Waals surface area contributed by atoms with E-state index >= 15 is 0 Å². The van der Waals surface area contributed by atoms with Crippen LogP contribution in [-0.2, 0) is 10.8 Å². The topological polar surface area (TPSA) is 16.4 Å². The normalized spacial score (nSPS) is 16.2. The molecule has 0 spiro atoms. The molecule has 3 aliphatic carbocycles. The summed E-state index contributed by atoms with van der Waals surface area (Å²) < 4.78 is 6.97. The number of fused-ring (bicyclic) bond motifs is 10. The van der Waals surface area contributed by atoms with Gasteiger partial charge in [0, 0.05) is 44.7 Å². The number of allylic oxidation sites excluding steroid dienone is 4. The zero-order valence-electron chi connectivity index (χ0n) is 38.0. The van der Waals surface area contributed by atoms with Crippen LogP contribution < -0.4 is 4.90 Å². The van der Waals surface area contributed by atoms with Gasteiger partial charge in [-0.2, -0.15) is 0 Å². The fourth-order valence-electron chi connectivity index (χ4n) is 12.0. The highest BCUT2D eigenvalue weighted by Crippen LogP contribution is 2.60. The van der Waals surface area contributed by atoms with Gasteiger partial charge in [-0.3, -0.25) is 0 Å². The van der Waals surface area contributed by atoms with Gasteiger partial charge in [0.25, 0.3) is 0 Å². The third kappa shape index (κ3) is 5.89. The van der Waals surface area contributed by atoms with Gasteiger partial charge in [0.1, 0.15) is 11.2 Å². The molecule has 0 amide bonds. The number of hydrogen-bond acceptors (Lipinski definition) is 2. The van der Waals surface area contributed by atoms with E-state index in [0.29, 0.717) is 0 Å². The molecule has 1 unspecified atom stereocenters. The molecule has 0 N–H and O–H groups in total. The van der Waals surface area contributed by atoms with Crippen molar-refractivity contribution in [1.82, 2.24) is 0 Å². The number of rotatable bonds is 7. The molecule has 0 bridgehead atoms. The van der Waals surface area contributed by atoms with Crippen LogP contribution >= 0.6 is 0 Å². The Bertz CT molecular complexity index is 3590. The van der Waals surface area contributed by atoms with E-state index in [0.717, 1.165) is 45.3 Å². The van der Waals surface area contributed by atoms with Gasteiger partial charge in [0.15, 0.2) is 0 Å². The van der Waals surface area contributed by atoms with E-state index in [9.17, 15) is 0 Å². The molecule has 2 heteroatoms. The average Bonchev–Trinajstić information content (AvgIpc) is 3.99. The molecular weight excluding hydrogens is 811 g/mol. The van der Waals surface area contributed by atoms with E-state index in [1.165, 1.54) is 78.0 Å². The maximum absolute atomic E-state index is 6.97. The fourth-order valence-corrected chi connectivity index (χ4v) is 12.0. The van der Waals surface area contributed by atoms with Crippen molar-refractivity contribution in [2.45, 2.75) is 38.0 Å². The Kier molecular flexibility index (Phi) is 8.86. The van der Waals surface area contributed by atoms with Crippen molar-refractivity contribution >= 4 is 38.9 Å². The van der Waals surface area contributed by atoms with Crippen LogP contribution in [0.3, 0.4) is 0 Å². The molecule has 0 saturated heterocycles. The molecule has 0 radical (unpaired) electrons. The van der Waals surface area contributed by atoms with Crippen molar-refractivity contribution in [1.29, 1.82) is 0 Å². The van der Waals surface area contributed by atoms with Gasteiger partial charge in [-0.15, -0.1) is 0 Å². The first-order chi connectivity index (χ1) is 32.9. The molecule has 13 rings (SSSR count). The summed E-state index contributed by atoms with van der Waals surface area (Å²) in [6, 6.07) is 78.3. The summed E-state index contributed by atoms with van der Waals surface area (Å²) >= 11 is 0. The first-order valence-corrected chi connectivity index (χ1v) is 23.7.